The zero-order valence-electron chi connectivity index (χ0n) is 14.7. The molecule has 0 saturated heterocycles. The quantitative estimate of drug-likeness (QED) is 0.542. The van der Waals surface area contributed by atoms with Crippen molar-refractivity contribution in [3.05, 3.63) is 29.8 Å². The minimum atomic E-state index is -0.276. The van der Waals surface area contributed by atoms with Crippen LogP contribution in [0.25, 0.3) is 0 Å². The lowest BCUT2D eigenvalue weighted by atomic mass is 9.90. The van der Waals surface area contributed by atoms with E-state index >= 15 is 0 Å². The predicted molar refractivity (Wildman–Crippen MR) is 96.1 cm³/mol. The standard InChI is InChI=1S/C20H29NO3/c1-2-3-5-10-19(22)21-18-13-11-17(12-14-18)20(23)24-15-16-8-6-4-7-9-16/h11-14,16H,2-10,15H2,1H3,(H,21,22). The Morgan fingerprint density at radius 3 is 2.46 bits per heavy atom. The summed E-state index contributed by atoms with van der Waals surface area (Å²) in [6.45, 7) is 2.64. The minimum absolute atomic E-state index is 0.0241. The molecule has 1 aliphatic rings. The topological polar surface area (TPSA) is 55.4 Å². The van der Waals surface area contributed by atoms with Crippen LogP contribution in [0.5, 0.6) is 0 Å². The Balaban J connectivity index is 1.75. The van der Waals surface area contributed by atoms with Crippen LogP contribution in [0.3, 0.4) is 0 Å². The Hall–Kier alpha value is -1.84. The maximum Gasteiger partial charge on any atom is 0.338 e. The molecule has 1 aromatic rings. The van der Waals surface area contributed by atoms with Crippen LogP contribution in [-0.2, 0) is 9.53 Å². The van der Waals surface area contributed by atoms with Crippen LogP contribution in [0.2, 0.25) is 0 Å². The Morgan fingerprint density at radius 1 is 1.08 bits per heavy atom. The van der Waals surface area contributed by atoms with Gasteiger partial charge in [-0.05, 0) is 49.4 Å². The molecule has 0 unspecified atom stereocenters. The summed E-state index contributed by atoms with van der Waals surface area (Å²) in [5.74, 6) is 0.266. The van der Waals surface area contributed by atoms with E-state index in [0.29, 0.717) is 24.5 Å². The molecule has 0 aromatic heterocycles. The van der Waals surface area contributed by atoms with E-state index in [0.717, 1.165) is 37.8 Å². The van der Waals surface area contributed by atoms with Crippen LogP contribution in [0.1, 0.15) is 75.1 Å². The molecule has 0 bridgehead atoms. The first-order chi connectivity index (χ1) is 11.7. The highest BCUT2D eigenvalue weighted by Gasteiger charge is 2.16. The molecule has 1 fully saturated rings. The number of amides is 1. The van der Waals surface area contributed by atoms with Crippen LogP contribution < -0.4 is 5.32 Å². The predicted octanol–water partition coefficient (Wildman–Crippen LogP) is 4.94. The van der Waals surface area contributed by atoms with Crippen LogP contribution in [0.4, 0.5) is 5.69 Å². The van der Waals surface area contributed by atoms with E-state index in [1.54, 1.807) is 24.3 Å². The molecule has 4 heteroatoms. The van der Waals surface area contributed by atoms with Gasteiger partial charge in [-0.25, -0.2) is 4.79 Å². The Bertz CT molecular complexity index is 518. The lowest BCUT2D eigenvalue weighted by Gasteiger charge is -2.21. The number of esters is 1. The highest BCUT2D eigenvalue weighted by Crippen LogP contribution is 2.24. The first-order valence-corrected chi connectivity index (χ1v) is 9.26. The molecule has 4 nitrogen and oxygen atoms in total. The summed E-state index contributed by atoms with van der Waals surface area (Å²) in [4.78, 5) is 23.9. The van der Waals surface area contributed by atoms with Crippen molar-refractivity contribution in [2.75, 3.05) is 11.9 Å². The summed E-state index contributed by atoms with van der Waals surface area (Å²) in [7, 11) is 0. The molecule has 0 spiro atoms. The average Bonchev–Trinajstić information content (AvgIpc) is 2.61. The summed E-state index contributed by atoms with van der Waals surface area (Å²) in [6, 6.07) is 6.94. The number of ether oxygens (including phenoxy) is 1. The van der Waals surface area contributed by atoms with Crippen molar-refractivity contribution in [1.82, 2.24) is 0 Å². The van der Waals surface area contributed by atoms with Gasteiger partial charge in [0.05, 0.1) is 12.2 Å². The van der Waals surface area contributed by atoms with Gasteiger partial charge in [0, 0.05) is 12.1 Å². The maximum atomic E-state index is 12.1. The van der Waals surface area contributed by atoms with Gasteiger partial charge in [0.15, 0.2) is 0 Å². The number of unbranched alkanes of at least 4 members (excludes halogenated alkanes) is 2. The highest BCUT2D eigenvalue weighted by atomic mass is 16.5. The van der Waals surface area contributed by atoms with Crippen molar-refractivity contribution in [3.63, 3.8) is 0 Å². The molecule has 1 N–H and O–H groups in total. The van der Waals surface area contributed by atoms with Gasteiger partial charge < -0.3 is 10.1 Å². The second kappa shape index (κ2) is 10.1. The highest BCUT2D eigenvalue weighted by molar-refractivity contribution is 5.93. The first kappa shape index (κ1) is 18.5. The molecular weight excluding hydrogens is 302 g/mol. The lowest BCUT2D eigenvalue weighted by Crippen LogP contribution is -2.17. The number of anilines is 1. The van der Waals surface area contributed by atoms with Crippen molar-refractivity contribution in [3.8, 4) is 0 Å². The Morgan fingerprint density at radius 2 is 1.79 bits per heavy atom. The third-order valence-corrected chi connectivity index (χ3v) is 4.59. The molecule has 0 radical (unpaired) electrons. The van der Waals surface area contributed by atoms with Crippen LogP contribution in [-0.4, -0.2) is 18.5 Å². The van der Waals surface area contributed by atoms with Crippen molar-refractivity contribution in [2.24, 2.45) is 5.92 Å². The summed E-state index contributed by atoms with van der Waals surface area (Å²) < 4.78 is 5.43. The Kier molecular flexibility index (Phi) is 7.80. The van der Waals surface area contributed by atoms with E-state index in [1.807, 2.05) is 0 Å². The minimum Gasteiger partial charge on any atom is -0.462 e. The molecule has 1 aliphatic carbocycles. The molecule has 1 aromatic carbocycles. The zero-order valence-corrected chi connectivity index (χ0v) is 14.7. The third kappa shape index (κ3) is 6.34. The van der Waals surface area contributed by atoms with Crippen molar-refractivity contribution in [1.29, 1.82) is 0 Å². The number of carbonyl (C=O) groups excluding carboxylic acids is 2. The average molecular weight is 331 g/mol. The number of nitrogens with one attached hydrogen (secondary N) is 1. The van der Waals surface area contributed by atoms with E-state index in [1.165, 1.54) is 19.3 Å². The normalized spacial score (nSPS) is 15.0. The maximum absolute atomic E-state index is 12.1. The fraction of sp³-hybridized carbons (Fsp3) is 0.600. The second-order valence-electron chi connectivity index (χ2n) is 6.69. The largest absolute Gasteiger partial charge is 0.462 e. The molecule has 132 valence electrons. The van der Waals surface area contributed by atoms with Crippen LogP contribution in [0.15, 0.2) is 24.3 Å². The number of rotatable bonds is 8. The van der Waals surface area contributed by atoms with E-state index in [4.69, 9.17) is 4.74 Å². The molecule has 2 rings (SSSR count). The van der Waals surface area contributed by atoms with Crippen molar-refractivity contribution in [2.45, 2.75) is 64.7 Å². The number of hydrogen-bond donors (Lipinski definition) is 1. The summed E-state index contributed by atoms with van der Waals surface area (Å²) in [5, 5.41) is 2.86. The zero-order chi connectivity index (χ0) is 17.2. The van der Waals surface area contributed by atoms with Crippen LogP contribution >= 0.6 is 0 Å². The molecular formula is C20H29NO3. The van der Waals surface area contributed by atoms with Crippen molar-refractivity contribution < 1.29 is 14.3 Å². The first-order valence-electron chi connectivity index (χ1n) is 9.26. The van der Waals surface area contributed by atoms with Gasteiger partial charge in [0.1, 0.15) is 0 Å². The third-order valence-electron chi connectivity index (χ3n) is 4.59. The van der Waals surface area contributed by atoms with Gasteiger partial charge in [-0.1, -0.05) is 39.0 Å². The lowest BCUT2D eigenvalue weighted by molar-refractivity contribution is -0.116. The summed E-state index contributed by atoms with van der Waals surface area (Å²) >= 11 is 0. The monoisotopic (exact) mass is 331 g/mol. The molecule has 24 heavy (non-hydrogen) atoms. The number of benzene rings is 1. The van der Waals surface area contributed by atoms with E-state index in [2.05, 4.69) is 12.2 Å². The van der Waals surface area contributed by atoms with Gasteiger partial charge in [0.25, 0.3) is 0 Å². The molecule has 0 atom stereocenters. The summed E-state index contributed by atoms with van der Waals surface area (Å²) in [6.07, 6.45) is 9.74. The van der Waals surface area contributed by atoms with E-state index in [9.17, 15) is 9.59 Å². The van der Waals surface area contributed by atoms with E-state index < -0.39 is 0 Å². The second-order valence-corrected chi connectivity index (χ2v) is 6.69. The molecule has 1 saturated carbocycles. The van der Waals surface area contributed by atoms with Gasteiger partial charge in [-0.15, -0.1) is 0 Å². The molecule has 0 heterocycles. The summed E-state index contributed by atoms with van der Waals surface area (Å²) in [5.41, 5.74) is 1.26. The SMILES string of the molecule is CCCCCC(=O)Nc1ccc(C(=O)OCC2CCCCC2)cc1. The fourth-order valence-electron chi connectivity index (χ4n) is 3.08. The molecule has 1 amide bonds. The number of carbonyl (C=O) groups is 2. The number of hydrogen-bond acceptors (Lipinski definition) is 3. The van der Waals surface area contributed by atoms with Gasteiger partial charge in [-0.2, -0.15) is 0 Å². The van der Waals surface area contributed by atoms with Gasteiger partial charge in [0.2, 0.25) is 5.91 Å². The smallest absolute Gasteiger partial charge is 0.338 e. The van der Waals surface area contributed by atoms with Gasteiger partial charge >= 0.3 is 5.97 Å². The van der Waals surface area contributed by atoms with E-state index in [-0.39, 0.29) is 11.9 Å². The molecule has 0 aliphatic heterocycles. The van der Waals surface area contributed by atoms with Gasteiger partial charge in [-0.3, -0.25) is 4.79 Å². The Labute approximate surface area is 145 Å². The fourth-order valence-corrected chi connectivity index (χ4v) is 3.08. The van der Waals surface area contributed by atoms with Crippen LogP contribution in [0, 0.1) is 5.92 Å². The van der Waals surface area contributed by atoms with Crippen molar-refractivity contribution >= 4 is 17.6 Å².